The monoisotopic (exact) mass is 158 g/mol. The van der Waals surface area contributed by atoms with Crippen molar-refractivity contribution in [3.05, 3.63) is 0 Å². The molecule has 0 spiro atoms. The second-order valence-electron chi connectivity index (χ2n) is 3.48. The lowest BCUT2D eigenvalue weighted by Crippen LogP contribution is -2.14. The van der Waals surface area contributed by atoms with Gasteiger partial charge in [0.1, 0.15) is 0 Å². The van der Waals surface area contributed by atoms with E-state index in [2.05, 4.69) is 19.6 Å². The Hall–Kier alpha value is 0.350. The molecule has 1 aliphatic carbocycles. The molecule has 1 aliphatic rings. The first-order valence-corrected chi connectivity index (χ1v) is 5.11. The number of hydrogen-bond acceptors (Lipinski definition) is 1. The summed E-state index contributed by atoms with van der Waals surface area (Å²) in [5.74, 6) is 3.08. The van der Waals surface area contributed by atoms with E-state index < -0.39 is 0 Å². The zero-order valence-corrected chi connectivity index (χ0v) is 7.74. The van der Waals surface area contributed by atoms with Crippen LogP contribution in [0.4, 0.5) is 0 Å². The molecule has 0 heterocycles. The molecule has 0 bridgehead atoms. The van der Waals surface area contributed by atoms with E-state index in [1.54, 1.807) is 0 Å². The Morgan fingerprint density at radius 1 is 1.10 bits per heavy atom. The summed E-state index contributed by atoms with van der Waals surface area (Å²) in [6, 6.07) is 0. The molecule has 0 aromatic rings. The fraction of sp³-hybridized carbons (Fsp3) is 1.00. The van der Waals surface area contributed by atoms with Gasteiger partial charge in [0, 0.05) is 0 Å². The van der Waals surface area contributed by atoms with Gasteiger partial charge in [0.2, 0.25) is 0 Å². The lowest BCUT2D eigenvalue weighted by Gasteiger charge is -2.26. The van der Waals surface area contributed by atoms with Gasteiger partial charge < -0.3 is 0 Å². The molecule has 0 unspecified atom stereocenters. The molecular weight excluding hydrogens is 140 g/mol. The van der Waals surface area contributed by atoms with Crippen molar-refractivity contribution in [3.63, 3.8) is 0 Å². The lowest BCUT2D eigenvalue weighted by atomic mass is 9.82. The Bertz CT molecular complexity index is 70.7. The van der Waals surface area contributed by atoms with E-state index >= 15 is 0 Å². The van der Waals surface area contributed by atoms with E-state index in [4.69, 9.17) is 0 Å². The zero-order valence-electron chi connectivity index (χ0n) is 6.84. The van der Waals surface area contributed by atoms with Crippen molar-refractivity contribution in [3.8, 4) is 0 Å². The predicted molar refractivity (Wildman–Crippen MR) is 49.6 cm³/mol. The van der Waals surface area contributed by atoms with Crippen LogP contribution in [0.3, 0.4) is 0 Å². The standard InChI is InChI=1S/C9H18S/c1-2-8-3-5-9(7-10)6-4-8/h8-10H,2-7H2,1H3. The van der Waals surface area contributed by atoms with Gasteiger partial charge in [-0.2, -0.15) is 12.6 Å². The van der Waals surface area contributed by atoms with E-state index in [9.17, 15) is 0 Å². The van der Waals surface area contributed by atoms with Crippen molar-refractivity contribution in [1.82, 2.24) is 0 Å². The van der Waals surface area contributed by atoms with Crippen LogP contribution in [0.1, 0.15) is 39.0 Å². The maximum absolute atomic E-state index is 4.32. The van der Waals surface area contributed by atoms with Crippen LogP contribution in [0.25, 0.3) is 0 Å². The second-order valence-corrected chi connectivity index (χ2v) is 3.84. The predicted octanol–water partition coefficient (Wildman–Crippen LogP) is 3.13. The smallest absolute Gasteiger partial charge is 0.00695 e. The minimum atomic E-state index is 0.936. The first kappa shape index (κ1) is 8.45. The number of thiol groups is 1. The highest BCUT2D eigenvalue weighted by Crippen LogP contribution is 2.30. The number of hydrogen-bond donors (Lipinski definition) is 1. The van der Waals surface area contributed by atoms with E-state index in [0.717, 1.165) is 17.6 Å². The highest BCUT2D eigenvalue weighted by atomic mass is 32.1. The fourth-order valence-corrected chi connectivity index (χ4v) is 2.19. The summed E-state index contributed by atoms with van der Waals surface area (Å²) < 4.78 is 0. The van der Waals surface area contributed by atoms with E-state index in [-0.39, 0.29) is 0 Å². The van der Waals surface area contributed by atoms with Crippen molar-refractivity contribution in [1.29, 1.82) is 0 Å². The van der Waals surface area contributed by atoms with E-state index in [1.165, 1.54) is 32.1 Å². The largest absolute Gasteiger partial charge is 0.179 e. The highest BCUT2D eigenvalue weighted by molar-refractivity contribution is 7.80. The third kappa shape index (κ3) is 2.19. The molecular formula is C9H18S. The maximum Gasteiger partial charge on any atom is -0.00695 e. The lowest BCUT2D eigenvalue weighted by molar-refractivity contribution is 0.288. The van der Waals surface area contributed by atoms with Crippen molar-refractivity contribution >= 4 is 12.6 Å². The minimum Gasteiger partial charge on any atom is -0.179 e. The normalized spacial score (nSPS) is 34.2. The molecule has 0 amide bonds. The van der Waals surface area contributed by atoms with Gasteiger partial charge in [-0.1, -0.05) is 26.2 Å². The number of rotatable bonds is 2. The van der Waals surface area contributed by atoms with Gasteiger partial charge in [0.15, 0.2) is 0 Å². The highest BCUT2D eigenvalue weighted by Gasteiger charge is 2.18. The molecule has 0 radical (unpaired) electrons. The second kappa shape index (κ2) is 4.27. The Kier molecular flexibility index (Phi) is 3.61. The third-order valence-corrected chi connectivity index (χ3v) is 3.32. The molecule has 0 nitrogen and oxygen atoms in total. The molecule has 0 N–H and O–H groups in total. The van der Waals surface area contributed by atoms with Crippen molar-refractivity contribution in [2.75, 3.05) is 5.75 Å². The first-order valence-electron chi connectivity index (χ1n) is 4.47. The summed E-state index contributed by atoms with van der Waals surface area (Å²) in [5.41, 5.74) is 0. The van der Waals surface area contributed by atoms with Gasteiger partial charge in [0.05, 0.1) is 0 Å². The maximum atomic E-state index is 4.32. The van der Waals surface area contributed by atoms with E-state index in [1.807, 2.05) is 0 Å². The molecule has 1 heteroatoms. The topological polar surface area (TPSA) is 0 Å². The Labute approximate surface area is 69.8 Å². The van der Waals surface area contributed by atoms with Crippen LogP contribution >= 0.6 is 12.6 Å². The van der Waals surface area contributed by atoms with Gasteiger partial charge in [-0.15, -0.1) is 0 Å². The van der Waals surface area contributed by atoms with Gasteiger partial charge in [-0.05, 0) is 30.4 Å². The molecule has 60 valence electrons. The van der Waals surface area contributed by atoms with Crippen LogP contribution < -0.4 is 0 Å². The molecule has 0 atom stereocenters. The summed E-state index contributed by atoms with van der Waals surface area (Å²) in [6.07, 6.45) is 7.17. The van der Waals surface area contributed by atoms with E-state index in [0.29, 0.717) is 0 Å². The summed E-state index contributed by atoms with van der Waals surface area (Å²) in [4.78, 5) is 0. The molecule has 1 rings (SSSR count). The summed E-state index contributed by atoms with van der Waals surface area (Å²) in [5, 5.41) is 0. The Balaban J connectivity index is 2.17. The zero-order chi connectivity index (χ0) is 7.40. The average Bonchev–Trinajstić information content (AvgIpc) is 2.05. The first-order chi connectivity index (χ1) is 4.86. The van der Waals surface area contributed by atoms with Crippen LogP contribution in [0.5, 0.6) is 0 Å². The van der Waals surface area contributed by atoms with Gasteiger partial charge in [-0.25, -0.2) is 0 Å². The van der Waals surface area contributed by atoms with Gasteiger partial charge >= 0.3 is 0 Å². The molecule has 1 fully saturated rings. The molecule has 0 aromatic carbocycles. The van der Waals surface area contributed by atoms with Crippen molar-refractivity contribution in [2.24, 2.45) is 11.8 Å². The molecule has 10 heavy (non-hydrogen) atoms. The van der Waals surface area contributed by atoms with Gasteiger partial charge in [0.25, 0.3) is 0 Å². The van der Waals surface area contributed by atoms with Crippen LogP contribution in [0.15, 0.2) is 0 Å². The molecule has 0 aromatic heterocycles. The summed E-state index contributed by atoms with van der Waals surface area (Å²) in [6.45, 7) is 2.31. The third-order valence-electron chi connectivity index (χ3n) is 2.80. The van der Waals surface area contributed by atoms with Crippen molar-refractivity contribution < 1.29 is 0 Å². The molecule has 0 saturated heterocycles. The average molecular weight is 158 g/mol. The molecule has 0 aliphatic heterocycles. The minimum absolute atomic E-state index is 0.936. The van der Waals surface area contributed by atoms with Gasteiger partial charge in [-0.3, -0.25) is 0 Å². The van der Waals surface area contributed by atoms with Crippen LogP contribution in [0.2, 0.25) is 0 Å². The molecule has 1 saturated carbocycles. The van der Waals surface area contributed by atoms with Crippen LogP contribution in [-0.2, 0) is 0 Å². The summed E-state index contributed by atoms with van der Waals surface area (Å²) >= 11 is 4.32. The Morgan fingerprint density at radius 3 is 2.00 bits per heavy atom. The Morgan fingerprint density at radius 2 is 1.60 bits per heavy atom. The van der Waals surface area contributed by atoms with Crippen LogP contribution in [-0.4, -0.2) is 5.75 Å². The van der Waals surface area contributed by atoms with Crippen molar-refractivity contribution in [2.45, 2.75) is 39.0 Å². The summed E-state index contributed by atoms with van der Waals surface area (Å²) in [7, 11) is 0. The SMILES string of the molecule is CCC1CCC(CS)CC1. The quantitative estimate of drug-likeness (QED) is 0.586. The van der Waals surface area contributed by atoms with Crippen LogP contribution in [0, 0.1) is 11.8 Å². The fourth-order valence-electron chi connectivity index (χ4n) is 1.82.